The third-order valence-corrected chi connectivity index (χ3v) is 14.1. The zero-order valence-electron chi connectivity index (χ0n) is 43.5. The average molecular weight is 939 g/mol. The van der Waals surface area contributed by atoms with Gasteiger partial charge in [-0.15, -0.1) is 0 Å². The second-order valence-corrected chi connectivity index (χ2v) is 20.4. The van der Waals surface area contributed by atoms with Crippen LogP contribution in [0.15, 0.2) is 12.2 Å². The van der Waals surface area contributed by atoms with E-state index in [-0.39, 0.29) is 12.5 Å². The Morgan fingerprint density at radius 1 is 0.500 bits per heavy atom. The fourth-order valence-electron chi connectivity index (χ4n) is 9.51. The summed E-state index contributed by atoms with van der Waals surface area (Å²) in [4.78, 5) is 13.0. The van der Waals surface area contributed by atoms with E-state index in [4.69, 9.17) is 9.47 Å². The van der Waals surface area contributed by atoms with E-state index in [9.17, 15) is 30.3 Å². The van der Waals surface area contributed by atoms with Gasteiger partial charge < -0.3 is 40.3 Å². The number of carbonyl (C=O) groups excluding carboxylic acids is 1. The van der Waals surface area contributed by atoms with Crippen LogP contribution in [0.4, 0.5) is 0 Å². The summed E-state index contributed by atoms with van der Waals surface area (Å²) < 4.78 is 11.3. The zero-order valence-corrected chi connectivity index (χ0v) is 43.5. The van der Waals surface area contributed by atoms with E-state index in [1.54, 1.807) is 0 Å². The van der Waals surface area contributed by atoms with Crippen molar-refractivity contribution in [3.05, 3.63) is 12.2 Å². The molecule has 0 spiro atoms. The molecule has 1 fully saturated rings. The lowest BCUT2D eigenvalue weighted by Gasteiger charge is -2.40. The molecule has 1 amide bonds. The molecule has 392 valence electrons. The Labute approximate surface area is 407 Å². The lowest BCUT2D eigenvalue weighted by atomic mass is 9.99. The molecule has 0 saturated carbocycles. The molecular weight excluding hydrogens is 827 g/mol. The van der Waals surface area contributed by atoms with Gasteiger partial charge in [0.15, 0.2) is 6.29 Å². The number of carbonyl (C=O) groups is 1. The summed E-state index contributed by atoms with van der Waals surface area (Å²) in [6, 6.07) is -0.713. The number of rotatable bonds is 50. The Hall–Kier alpha value is -1.07. The minimum atomic E-state index is -1.55. The maximum absolute atomic E-state index is 13.0. The molecule has 0 radical (unpaired) electrons. The molecule has 9 heteroatoms. The van der Waals surface area contributed by atoms with Gasteiger partial charge in [-0.25, -0.2) is 0 Å². The number of aliphatic hydroxyl groups excluding tert-OH is 5. The van der Waals surface area contributed by atoms with Gasteiger partial charge in [-0.05, 0) is 38.5 Å². The van der Waals surface area contributed by atoms with Crippen molar-refractivity contribution in [2.45, 2.75) is 333 Å². The van der Waals surface area contributed by atoms with Crippen molar-refractivity contribution in [3.8, 4) is 0 Å². The Balaban J connectivity index is 2.05. The molecule has 1 saturated heterocycles. The molecule has 0 aliphatic carbocycles. The van der Waals surface area contributed by atoms with Gasteiger partial charge in [-0.3, -0.25) is 4.79 Å². The fraction of sp³-hybridized carbons (Fsp3) is 0.947. The summed E-state index contributed by atoms with van der Waals surface area (Å²) in [7, 11) is 0. The summed E-state index contributed by atoms with van der Waals surface area (Å²) in [6.45, 7) is 3.84. The standard InChI is InChI=1S/C57H111NO8/c1-3-5-7-9-11-13-15-16-17-18-19-20-21-22-23-24-25-26-27-28-29-30-31-32-33-34-35-36-37-39-41-43-45-47-53(61)58-50(49-65-57-56(64)55(63)54(62)52(48-59)66-57)51(60)46-44-42-40-38-14-12-10-8-6-4-2/h18-19,50-52,54-57,59-60,62-64H,3-17,20-49H2,1-2H3,(H,58,61)/b19-18-. The third-order valence-electron chi connectivity index (χ3n) is 14.1. The minimum absolute atomic E-state index is 0.133. The second kappa shape index (κ2) is 47.6. The average Bonchev–Trinajstić information content (AvgIpc) is 3.32. The molecule has 1 aliphatic rings. The predicted molar refractivity (Wildman–Crippen MR) is 277 cm³/mol. The molecule has 66 heavy (non-hydrogen) atoms. The molecule has 6 N–H and O–H groups in total. The van der Waals surface area contributed by atoms with E-state index in [2.05, 4.69) is 31.3 Å². The molecule has 0 aromatic carbocycles. The molecule has 9 nitrogen and oxygen atoms in total. The van der Waals surface area contributed by atoms with Gasteiger partial charge in [0.25, 0.3) is 0 Å². The number of allylic oxidation sites excluding steroid dienone is 2. The summed E-state index contributed by atoms with van der Waals surface area (Å²) in [5.74, 6) is -0.140. The lowest BCUT2D eigenvalue weighted by molar-refractivity contribution is -0.302. The van der Waals surface area contributed by atoms with Crippen LogP contribution in [0.5, 0.6) is 0 Å². The lowest BCUT2D eigenvalue weighted by Crippen LogP contribution is -2.60. The van der Waals surface area contributed by atoms with Gasteiger partial charge in [0.05, 0.1) is 25.4 Å². The van der Waals surface area contributed by atoms with Crippen LogP contribution in [0.25, 0.3) is 0 Å². The number of nitrogens with one attached hydrogen (secondary N) is 1. The highest BCUT2D eigenvalue weighted by Crippen LogP contribution is 2.23. The maximum Gasteiger partial charge on any atom is 0.220 e. The summed E-state index contributed by atoms with van der Waals surface area (Å²) in [5, 5.41) is 54.4. The monoisotopic (exact) mass is 938 g/mol. The molecular formula is C57H111NO8. The first-order valence-electron chi connectivity index (χ1n) is 28.9. The number of amides is 1. The van der Waals surface area contributed by atoms with Gasteiger partial charge in [0.2, 0.25) is 5.91 Å². The van der Waals surface area contributed by atoms with Crippen LogP contribution in [-0.2, 0) is 14.3 Å². The molecule has 7 unspecified atom stereocenters. The van der Waals surface area contributed by atoms with Crippen LogP contribution in [0.3, 0.4) is 0 Å². The van der Waals surface area contributed by atoms with Crippen molar-refractivity contribution < 1.29 is 39.8 Å². The Morgan fingerprint density at radius 2 is 0.848 bits per heavy atom. The van der Waals surface area contributed by atoms with Crippen molar-refractivity contribution in [1.82, 2.24) is 5.32 Å². The number of unbranched alkanes of at least 4 members (excludes halogenated alkanes) is 38. The molecule has 1 rings (SSSR count). The van der Waals surface area contributed by atoms with Crippen LogP contribution in [0, 0.1) is 0 Å². The van der Waals surface area contributed by atoms with Gasteiger partial charge in [0, 0.05) is 6.42 Å². The van der Waals surface area contributed by atoms with Crippen LogP contribution >= 0.6 is 0 Å². The van der Waals surface area contributed by atoms with Crippen LogP contribution in [0.2, 0.25) is 0 Å². The van der Waals surface area contributed by atoms with E-state index in [1.807, 2.05) is 0 Å². The summed E-state index contributed by atoms with van der Waals surface area (Å²) >= 11 is 0. The largest absolute Gasteiger partial charge is 0.394 e. The topological polar surface area (TPSA) is 149 Å². The number of aliphatic hydroxyl groups is 5. The van der Waals surface area contributed by atoms with Crippen molar-refractivity contribution in [1.29, 1.82) is 0 Å². The van der Waals surface area contributed by atoms with E-state index >= 15 is 0 Å². The molecule has 7 atom stereocenters. The number of hydrogen-bond donors (Lipinski definition) is 6. The Bertz CT molecular complexity index is 1040. The predicted octanol–water partition coefficient (Wildman–Crippen LogP) is 14.0. The first kappa shape index (κ1) is 62.9. The SMILES string of the molecule is CCCCCCCCCC/C=C\CCCCCCCCCCCCCCCCCCCCCCCC(=O)NC(COC1OC(CO)C(O)C(O)C1O)C(O)CCCCCCCCCCCC. The van der Waals surface area contributed by atoms with Gasteiger partial charge >= 0.3 is 0 Å². The molecule has 1 heterocycles. The van der Waals surface area contributed by atoms with Gasteiger partial charge in [-0.2, -0.15) is 0 Å². The highest BCUT2D eigenvalue weighted by atomic mass is 16.7. The Morgan fingerprint density at radius 3 is 1.23 bits per heavy atom. The van der Waals surface area contributed by atoms with E-state index < -0.39 is 49.5 Å². The van der Waals surface area contributed by atoms with Gasteiger partial charge in [-0.1, -0.05) is 257 Å². The van der Waals surface area contributed by atoms with Crippen LogP contribution in [-0.4, -0.2) is 87.5 Å². The number of hydrogen-bond acceptors (Lipinski definition) is 8. The smallest absolute Gasteiger partial charge is 0.220 e. The fourth-order valence-corrected chi connectivity index (χ4v) is 9.51. The second-order valence-electron chi connectivity index (χ2n) is 20.4. The van der Waals surface area contributed by atoms with Crippen molar-refractivity contribution in [2.75, 3.05) is 13.2 Å². The van der Waals surface area contributed by atoms with Crippen molar-refractivity contribution in [3.63, 3.8) is 0 Å². The normalized spacial score (nSPS) is 19.8. The zero-order chi connectivity index (χ0) is 48.0. The number of ether oxygens (including phenoxy) is 2. The highest BCUT2D eigenvalue weighted by Gasteiger charge is 2.44. The van der Waals surface area contributed by atoms with Crippen molar-refractivity contribution in [2.24, 2.45) is 0 Å². The van der Waals surface area contributed by atoms with Crippen LogP contribution in [0.1, 0.15) is 290 Å². The molecule has 0 bridgehead atoms. The first-order valence-corrected chi connectivity index (χ1v) is 28.9. The maximum atomic E-state index is 13.0. The van der Waals surface area contributed by atoms with E-state index in [0.29, 0.717) is 12.8 Å². The van der Waals surface area contributed by atoms with Crippen molar-refractivity contribution >= 4 is 5.91 Å². The molecule has 0 aromatic rings. The quantitative estimate of drug-likeness (QED) is 0.0261. The van der Waals surface area contributed by atoms with E-state index in [0.717, 1.165) is 38.5 Å². The Kier molecular flexibility index (Phi) is 45.4. The molecule has 1 aliphatic heterocycles. The summed E-state index contributed by atoms with van der Waals surface area (Å²) in [6.07, 6.45) is 51.3. The third kappa shape index (κ3) is 36.9. The molecule has 0 aromatic heterocycles. The van der Waals surface area contributed by atoms with E-state index in [1.165, 1.54) is 225 Å². The summed E-state index contributed by atoms with van der Waals surface area (Å²) in [5.41, 5.74) is 0. The van der Waals surface area contributed by atoms with Gasteiger partial charge in [0.1, 0.15) is 24.4 Å². The first-order chi connectivity index (χ1) is 32.3. The minimum Gasteiger partial charge on any atom is -0.394 e. The van der Waals surface area contributed by atoms with Crippen LogP contribution < -0.4 is 5.32 Å². The highest BCUT2D eigenvalue weighted by molar-refractivity contribution is 5.76.